The Kier molecular flexibility index (Phi) is 5.89. The number of esters is 1. The van der Waals surface area contributed by atoms with Gasteiger partial charge in [-0.1, -0.05) is 58.5 Å². The van der Waals surface area contributed by atoms with Gasteiger partial charge in [0.05, 0.1) is 11.1 Å². The van der Waals surface area contributed by atoms with Crippen molar-refractivity contribution in [1.82, 2.24) is 9.80 Å². The predicted octanol–water partition coefficient (Wildman–Crippen LogP) is 3.27. The quantitative estimate of drug-likeness (QED) is 0.165. The molecule has 0 bridgehead atoms. The first-order chi connectivity index (χ1) is 13.5. The molecule has 0 aliphatic carbocycles. The summed E-state index contributed by atoms with van der Waals surface area (Å²) < 4.78 is 3.12. The van der Waals surface area contributed by atoms with E-state index in [-0.39, 0.29) is 16.8 Å². The smallest absolute Gasteiger partial charge is 0.355 e. The van der Waals surface area contributed by atoms with E-state index >= 15 is 0 Å². The molecule has 1 saturated heterocycles. The van der Waals surface area contributed by atoms with Gasteiger partial charge in [-0.3, -0.25) is 24.2 Å². The van der Waals surface area contributed by atoms with Crippen LogP contribution in [0.1, 0.15) is 34.6 Å². The largest absolute Gasteiger partial charge is 0.456 e. The summed E-state index contributed by atoms with van der Waals surface area (Å²) >= 11 is 23.1. The number of fused-ring (bicyclic) bond motifs is 1. The van der Waals surface area contributed by atoms with Gasteiger partial charge in [0.1, 0.15) is 17.8 Å². The van der Waals surface area contributed by atoms with Crippen LogP contribution in [-0.2, 0) is 14.3 Å². The molecule has 7 nitrogen and oxygen atoms in total. The Balaban J connectivity index is 1.83. The first-order valence-corrected chi connectivity index (χ1v) is 9.88. The number of imide groups is 1. The van der Waals surface area contributed by atoms with E-state index in [9.17, 15) is 19.2 Å². The molecular weight excluding hydrogens is 466 g/mol. The highest BCUT2D eigenvalue weighted by Gasteiger charge is 2.58. The molecule has 2 aliphatic rings. The van der Waals surface area contributed by atoms with Crippen molar-refractivity contribution in [3.63, 3.8) is 0 Å². The molecule has 1 aromatic rings. The van der Waals surface area contributed by atoms with Gasteiger partial charge in [-0.05, 0) is 31.6 Å². The molecule has 2 atom stereocenters. The minimum Gasteiger partial charge on any atom is -0.456 e. The lowest BCUT2D eigenvalue weighted by Gasteiger charge is -2.46. The van der Waals surface area contributed by atoms with E-state index in [4.69, 9.17) is 51.1 Å². The van der Waals surface area contributed by atoms with E-state index in [2.05, 4.69) is 0 Å². The summed E-state index contributed by atoms with van der Waals surface area (Å²) in [6, 6.07) is 4.97. The summed E-state index contributed by atoms with van der Waals surface area (Å²) in [5.41, 5.74) is -0.500. The van der Waals surface area contributed by atoms with Crippen molar-refractivity contribution < 1.29 is 23.9 Å². The van der Waals surface area contributed by atoms with Gasteiger partial charge in [-0.25, -0.2) is 4.79 Å². The molecule has 0 unspecified atom stereocenters. The van der Waals surface area contributed by atoms with Gasteiger partial charge >= 0.3 is 5.97 Å². The van der Waals surface area contributed by atoms with Crippen LogP contribution in [0, 0.1) is 0 Å². The Morgan fingerprint density at radius 3 is 2.00 bits per heavy atom. The van der Waals surface area contributed by atoms with Crippen LogP contribution in [0.25, 0.3) is 0 Å². The molecule has 2 aliphatic heterocycles. The van der Waals surface area contributed by atoms with Crippen molar-refractivity contribution in [3.05, 3.63) is 46.7 Å². The van der Waals surface area contributed by atoms with Crippen LogP contribution in [0.4, 0.5) is 0 Å². The summed E-state index contributed by atoms with van der Waals surface area (Å²) in [4.78, 5) is 52.3. The monoisotopic (exact) mass is 478 g/mol. The zero-order chi connectivity index (χ0) is 21.7. The SMILES string of the molecule is CC(C)=C(C(=O)OCC(Cl)(Cl)Cl)N1C(=O)[C@H](N2C(=O)c3ccccc3C2=O)[C@H]1Cl. The summed E-state index contributed by atoms with van der Waals surface area (Å²) in [7, 11) is 0. The van der Waals surface area contributed by atoms with E-state index in [1.54, 1.807) is 26.0 Å². The van der Waals surface area contributed by atoms with Crippen LogP contribution in [0.15, 0.2) is 35.5 Å². The van der Waals surface area contributed by atoms with Crippen LogP contribution in [0.2, 0.25) is 0 Å². The number of ether oxygens (including phenoxy) is 1. The molecule has 0 N–H and O–H groups in total. The minimum absolute atomic E-state index is 0.142. The molecule has 3 rings (SSSR count). The highest BCUT2D eigenvalue weighted by molar-refractivity contribution is 6.67. The Morgan fingerprint density at radius 2 is 1.59 bits per heavy atom. The third-order valence-electron chi connectivity index (χ3n) is 4.38. The molecule has 0 spiro atoms. The van der Waals surface area contributed by atoms with Gasteiger partial charge in [-0.15, -0.1) is 0 Å². The average molecular weight is 480 g/mol. The van der Waals surface area contributed by atoms with Gasteiger partial charge in [-0.2, -0.15) is 0 Å². The van der Waals surface area contributed by atoms with E-state index < -0.39 is 45.6 Å². The number of halogens is 4. The van der Waals surface area contributed by atoms with Gasteiger partial charge < -0.3 is 4.74 Å². The lowest BCUT2D eigenvalue weighted by Crippen LogP contribution is -2.69. The van der Waals surface area contributed by atoms with Crippen molar-refractivity contribution in [3.8, 4) is 0 Å². The number of benzene rings is 1. The highest BCUT2D eigenvalue weighted by Crippen LogP contribution is 2.38. The first kappa shape index (κ1) is 21.9. The standard InChI is InChI=1S/C18H14Cl4N2O5/c1-8(2)11(17(28)29-7-18(20,21)22)23-13(19)12(16(23)27)24-14(25)9-5-3-4-6-10(9)15(24)26/h3-6,12-13H,7H2,1-2H3/t12-,13+/m1/s1. The van der Waals surface area contributed by atoms with Gasteiger partial charge in [0.2, 0.25) is 3.79 Å². The van der Waals surface area contributed by atoms with Crippen molar-refractivity contribution >= 4 is 70.1 Å². The van der Waals surface area contributed by atoms with E-state index in [1.165, 1.54) is 12.1 Å². The molecule has 2 heterocycles. The number of allylic oxidation sites excluding steroid dienone is 1. The number of carbonyl (C=O) groups excluding carboxylic acids is 4. The fourth-order valence-electron chi connectivity index (χ4n) is 3.13. The zero-order valence-electron chi connectivity index (χ0n) is 15.1. The normalized spacial score (nSPS) is 21.1. The second kappa shape index (κ2) is 7.80. The Hall–Kier alpha value is -1.80. The fraction of sp³-hybridized carbons (Fsp3) is 0.333. The number of β-lactam (4-membered cyclic amide) rings is 1. The van der Waals surface area contributed by atoms with Crippen molar-refractivity contribution in [2.75, 3.05) is 6.61 Å². The van der Waals surface area contributed by atoms with Gasteiger partial charge in [0.15, 0.2) is 6.04 Å². The second-order valence-electron chi connectivity index (χ2n) is 6.59. The molecule has 29 heavy (non-hydrogen) atoms. The summed E-state index contributed by atoms with van der Waals surface area (Å²) in [5, 5.41) is 0. The Bertz CT molecular complexity index is 917. The van der Waals surface area contributed by atoms with Crippen molar-refractivity contribution in [2.45, 2.75) is 29.2 Å². The molecule has 3 amide bonds. The van der Waals surface area contributed by atoms with E-state index in [0.29, 0.717) is 5.57 Å². The number of likely N-dealkylation sites (tertiary alicyclic amines) is 1. The maximum Gasteiger partial charge on any atom is 0.355 e. The Morgan fingerprint density at radius 1 is 1.07 bits per heavy atom. The van der Waals surface area contributed by atoms with Crippen LogP contribution >= 0.6 is 46.4 Å². The van der Waals surface area contributed by atoms with Crippen LogP contribution in [0.5, 0.6) is 0 Å². The van der Waals surface area contributed by atoms with Crippen LogP contribution in [-0.4, -0.2) is 55.4 Å². The second-order valence-corrected chi connectivity index (χ2v) is 9.55. The topological polar surface area (TPSA) is 84.0 Å². The summed E-state index contributed by atoms with van der Waals surface area (Å²) in [6.45, 7) is 2.60. The number of alkyl halides is 4. The summed E-state index contributed by atoms with van der Waals surface area (Å²) in [5.74, 6) is -2.85. The average Bonchev–Trinajstić information content (AvgIpc) is 2.89. The molecular formula is C18H14Cl4N2O5. The lowest BCUT2D eigenvalue weighted by molar-refractivity contribution is -0.154. The van der Waals surface area contributed by atoms with E-state index in [1.807, 2.05) is 0 Å². The lowest BCUT2D eigenvalue weighted by atomic mass is 10.0. The molecule has 0 saturated carbocycles. The molecule has 0 aromatic heterocycles. The zero-order valence-corrected chi connectivity index (χ0v) is 18.1. The predicted molar refractivity (Wildman–Crippen MR) is 107 cm³/mol. The molecule has 11 heteroatoms. The number of hydrogen-bond donors (Lipinski definition) is 0. The number of carbonyl (C=O) groups is 4. The highest BCUT2D eigenvalue weighted by atomic mass is 35.6. The third kappa shape index (κ3) is 3.84. The molecule has 154 valence electrons. The van der Waals surface area contributed by atoms with Crippen molar-refractivity contribution in [2.24, 2.45) is 0 Å². The number of rotatable bonds is 4. The van der Waals surface area contributed by atoms with E-state index in [0.717, 1.165) is 9.80 Å². The maximum atomic E-state index is 12.8. The number of nitrogens with zero attached hydrogens (tertiary/aromatic N) is 2. The molecule has 1 aromatic carbocycles. The number of hydrogen-bond acceptors (Lipinski definition) is 5. The van der Waals surface area contributed by atoms with Gasteiger partial charge in [0, 0.05) is 0 Å². The fourth-order valence-corrected chi connectivity index (χ4v) is 3.71. The Labute approximate surface area is 186 Å². The molecule has 0 radical (unpaired) electrons. The third-order valence-corrected chi connectivity index (χ3v) is 5.14. The maximum absolute atomic E-state index is 12.8. The van der Waals surface area contributed by atoms with Crippen LogP contribution in [0.3, 0.4) is 0 Å². The van der Waals surface area contributed by atoms with Crippen LogP contribution < -0.4 is 0 Å². The minimum atomic E-state index is -1.83. The molecule has 1 fully saturated rings. The van der Waals surface area contributed by atoms with Gasteiger partial charge in [0.25, 0.3) is 17.7 Å². The number of amides is 3. The van der Waals surface area contributed by atoms with Crippen molar-refractivity contribution in [1.29, 1.82) is 0 Å². The summed E-state index contributed by atoms with van der Waals surface area (Å²) in [6.07, 6.45) is 0. The first-order valence-electron chi connectivity index (χ1n) is 8.31.